The molecule has 0 N–H and O–H groups in total. The maximum atomic E-state index is 12.6. The van der Waals surface area contributed by atoms with E-state index in [1.54, 1.807) is 22.8 Å². The summed E-state index contributed by atoms with van der Waals surface area (Å²) in [4.78, 5) is 40.4. The highest BCUT2D eigenvalue weighted by Gasteiger charge is 2.30. The fraction of sp³-hybridized carbons (Fsp3) is 0.632. The van der Waals surface area contributed by atoms with Crippen molar-refractivity contribution in [2.45, 2.75) is 46.1 Å². The lowest BCUT2D eigenvalue weighted by atomic mass is 9.98. The van der Waals surface area contributed by atoms with Gasteiger partial charge in [0.05, 0.1) is 24.4 Å². The number of piperidine rings is 1. The zero-order chi connectivity index (χ0) is 19.1. The second-order valence-corrected chi connectivity index (χ2v) is 6.79. The number of hydrogen-bond donors (Lipinski definition) is 0. The summed E-state index contributed by atoms with van der Waals surface area (Å²) in [6.45, 7) is 7.34. The summed E-state index contributed by atoms with van der Waals surface area (Å²) in [5, 5.41) is 0. The van der Waals surface area contributed by atoms with Crippen LogP contribution in [0.15, 0.2) is 23.0 Å². The minimum Gasteiger partial charge on any atom is -0.472 e. The molecule has 1 unspecified atom stereocenters. The van der Waals surface area contributed by atoms with Crippen molar-refractivity contribution in [2.24, 2.45) is 5.92 Å². The van der Waals surface area contributed by atoms with Crippen LogP contribution in [0.5, 0.6) is 0 Å². The van der Waals surface area contributed by atoms with Gasteiger partial charge >= 0.3 is 5.97 Å². The Bertz CT molecular complexity index is 611. The third-order valence-corrected chi connectivity index (χ3v) is 4.61. The molecular formula is C19H28N2O5. The molecule has 1 fully saturated rings. The van der Waals surface area contributed by atoms with Gasteiger partial charge in [0, 0.05) is 32.1 Å². The van der Waals surface area contributed by atoms with Gasteiger partial charge in [0.15, 0.2) is 0 Å². The smallest absolute Gasteiger partial charge is 0.310 e. The van der Waals surface area contributed by atoms with Gasteiger partial charge < -0.3 is 19.0 Å². The summed E-state index contributed by atoms with van der Waals surface area (Å²) >= 11 is 0. The van der Waals surface area contributed by atoms with E-state index < -0.39 is 0 Å². The van der Waals surface area contributed by atoms with Crippen LogP contribution in [-0.2, 0) is 14.3 Å². The van der Waals surface area contributed by atoms with Crippen LogP contribution in [0.1, 0.15) is 50.4 Å². The maximum absolute atomic E-state index is 12.6. The third-order valence-electron chi connectivity index (χ3n) is 4.61. The lowest BCUT2D eigenvalue weighted by Crippen LogP contribution is -2.45. The van der Waals surface area contributed by atoms with Crippen molar-refractivity contribution in [3.05, 3.63) is 24.2 Å². The van der Waals surface area contributed by atoms with Crippen LogP contribution < -0.4 is 0 Å². The van der Waals surface area contributed by atoms with E-state index in [0.717, 1.165) is 12.8 Å². The number of nitrogens with zero attached hydrogens (tertiary/aromatic N) is 2. The van der Waals surface area contributed by atoms with Crippen molar-refractivity contribution in [1.82, 2.24) is 9.80 Å². The molecule has 7 heteroatoms. The topological polar surface area (TPSA) is 80.1 Å². The first-order valence-electron chi connectivity index (χ1n) is 9.21. The zero-order valence-electron chi connectivity index (χ0n) is 15.8. The number of ether oxygens (including phenoxy) is 1. The molecule has 0 aliphatic carbocycles. The van der Waals surface area contributed by atoms with E-state index >= 15 is 0 Å². The fourth-order valence-corrected chi connectivity index (χ4v) is 3.18. The van der Waals surface area contributed by atoms with Gasteiger partial charge in [-0.3, -0.25) is 14.4 Å². The SMILES string of the molecule is CCOC(=O)C1CCCN(C(=O)CCN(C(=O)c2ccoc2)C(C)C)C1. The molecule has 2 amide bonds. The third kappa shape index (κ3) is 5.09. The van der Waals surface area contributed by atoms with Crippen molar-refractivity contribution in [1.29, 1.82) is 0 Å². The van der Waals surface area contributed by atoms with E-state index in [-0.39, 0.29) is 36.2 Å². The van der Waals surface area contributed by atoms with Crippen LogP contribution in [-0.4, -0.2) is 59.9 Å². The predicted octanol–water partition coefficient (Wildman–Crippen LogP) is 2.32. The summed E-state index contributed by atoms with van der Waals surface area (Å²) in [6, 6.07) is 1.59. The summed E-state index contributed by atoms with van der Waals surface area (Å²) in [5.41, 5.74) is 0.478. The molecule has 1 aromatic heterocycles. The monoisotopic (exact) mass is 364 g/mol. The second-order valence-electron chi connectivity index (χ2n) is 6.79. The van der Waals surface area contributed by atoms with Crippen LogP contribution in [0.3, 0.4) is 0 Å². The van der Waals surface area contributed by atoms with E-state index in [0.29, 0.717) is 31.8 Å². The van der Waals surface area contributed by atoms with Crippen LogP contribution in [0, 0.1) is 5.92 Å². The van der Waals surface area contributed by atoms with Gasteiger partial charge in [0.1, 0.15) is 6.26 Å². The summed E-state index contributed by atoms with van der Waals surface area (Å²) in [7, 11) is 0. The molecule has 1 aliphatic heterocycles. The fourth-order valence-electron chi connectivity index (χ4n) is 3.18. The molecule has 0 bridgehead atoms. The molecule has 1 aliphatic rings. The molecule has 1 saturated heterocycles. The molecule has 2 rings (SSSR count). The van der Waals surface area contributed by atoms with Crippen LogP contribution in [0.4, 0.5) is 0 Å². The first-order chi connectivity index (χ1) is 12.4. The second kappa shape index (κ2) is 9.40. The van der Waals surface area contributed by atoms with Gasteiger partial charge in [-0.1, -0.05) is 0 Å². The van der Waals surface area contributed by atoms with Crippen molar-refractivity contribution in [2.75, 3.05) is 26.2 Å². The number of carbonyl (C=O) groups excluding carboxylic acids is 3. The van der Waals surface area contributed by atoms with Gasteiger partial charge in [0.25, 0.3) is 5.91 Å². The normalized spacial score (nSPS) is 17.2. The molecule has 26 heavy (non-hydrogen) atoms. The first-order valence-corrected chi connectivity index (χ1v) is 9.21. The average molecular weight is 364 g/mol. The van der Waals surface area contributed by atoms with Crippen molar-refractivity contribution < 1.29 is 23.5 Å². The summed E-state index contributed by atoms with van der Waals surface area (Å²) in [5.74, 6) is -0.667. The van der Waals surface area contributed by atoms with Gasteiger partial charge in [-0.15, -0.1) is 0 Å². The van der Waals surface area contributed by atoms with E-state index in [1.165, 1.54) is 12.5 Å². The lowest BCUT2D eigenvalue weighted by Gasteiger charge is -2.33. The summed E-state index contributed by atoms with van der Waals surface area (Å²) < 4.78 is 10.0. The number of furan rings is 1. The molecule has 1 atom stereocenters. The van der Waals surface area contributed by atoms with E-state index in [9.17, 15) is 14.4 Å². The average Bonchev–Trinajstić information content (AvgIpc) is 3.16. The van der Waals surface area contributed by atoms with E-state index in [4.69, 9.17) is 9.15 Å². The molecule has 1 aromatic rings. The number of rotatable bonds is 7. The number of carbonyl (C=O) groups is 3. The molecular weight excluding hydrogens is 336 g/mol. The molecule has 0 saturated carbocycles. The number of hydrogen-bond acceptors (Lipinski definition) is 5. The Labute approximate surface area is 154 Å². The minimum absolute atomic E-state index is 0.0289. The van der Waals surface area contributed by atoms with E-state index in [2.05, 4.69) is 0 Å². The van der Waals surface area contributed by atoms with E-state index in [1.807, 2.05) is 13.8 Å². The molecule has 144 valence electrons. The standard InChI is InChI=1S/C19H28N2O5/c1-4-26-19(24)15-6-5-9-20(12-15)17(22)7-10-21(14(2)3)18(23)16-8-11-25-13-16/h8,11,13-15H,4-7,9-10,12H2,1-3H3. The van der Waals surface area contributed by atoms with Crippen molar-refractivity contribution in [3.8, 4) is 0 Å². The van der Waals surface area contributed by atoms with Crippen molar-refractivity contribution in [3.63, 3.8) is 0 Å². The van der Waals surface area contributed by atoms with Crippen LogP contribution in [0.25, 0.3) is 0 Å². The molecule has 0 spiro atoms. The highest BCUT2D eigenvalue weighted by atomic mass is 16.5. The lowest BCUT2D eigenvalue weighted by molar-refractivity contribution is -0.151. The zero-order valence-corrected chi connectivity index (χ0v) is 15.8. The van der Waals surface area contributed by atoms with Crippen LogP contribution >= 0.6 is 0 Å². The Hall–Kier alpha value is -2.31. The molecule has 0 radical (unpaired) electrons. The Balaban J connectivity index is 1.91. The predicted molar refractivity (Wildman–Crippen MR) is 95.4 cm³/mol. The van der Waals surface area contributed by atoms with Gasteiger partial charge in [-0.05, 0) is 39.7 Å². The molecule has 0 aromatic carbocycles. The Morgan fingerprint density at radius 3 is 2.77 bits per heavy atom. The number of amides is 2. The highest BCUT2D eigenvalue weighted by molar-refractivity contribution is 5.94. The first kappa shape index (κ1) is 20.0. The Morgan fingerprint density at radius 2 is 2.15 bits per heavy atom. The Morgan fingerprint density at radius 1 is 1.38 bits per heavy atom. The number of likely N-dealkylation sites (tertiary alicyclic amines) is 1. The largest absolute Gasteiger partial charge is 0.472 e. The Kier molecular flexibility index (Phi) is 7.24. The highest BCUT2D eigenvalue weighted by Crippen LogP contribution is 2.19. The van der Waals surface area contributed by atoms with Crippen LogP contribution in [0.2, 0.25) is 0 Å². The summed E-state index contributed by atoms with van der Waals surface area (Å²) in [6.07, 6.45) is 4.64. The molecule has 2 heterocycles. The minimum atomic E-state index is -0.249. The number of esters is 1. The quantitative estimate of drug-likeness (QED) is 0.694. The molecule has 7 nitrogen and oxygen atoms in total. The van der Waals surface area contributed by atoms with Gasteiger partial charge in [-0.2, -0.15) is 0 Å². The van der Waals surface area contributed by atoms with Gasteiger partial charge in [-0.25, -0.2) is 0 Å². The van der Waals surface area contributed by atoms with Gasteiger partial charge in [0.2, 0.25) is 5.91 Å². The maximum Gasteiger partial charge on any atom is 0.310 e. The van der Waals surface area contributed by atoms with Crippen molar-refractivity contribution >= 4 is 17.8 Å².